The Morgan fingerprint density at radius 1 is 1.39 bits per heavy atom. The van der Waals surface area contributed by atoms with E-state index in [1.807, 2.05) is 0 Å². The molecule has 0 amide bonds. The third kappa shape index (κ3) is 2.87. The van der Waals surface area contributed by atoms with Crippen LogP contribution >= 0.6 is 0 Å². The number of hydrogen-bond acceptors (Lipinski definition) is 6. The second-order valence-electron chi connectivity index (χ2n) is 5.10. The Labute approximate surface area is 132 Å². The lowest BCUT2D eigenvalue weighted by Crippen LogP contribution is -2.33. The number of methoxy groups -OCH3 is 1. The summed E-state index contributed by atoms with van der Waals surface area (Å²) < 4.78 is 21.3. The largest absolute Gasteiger partial charge is 0.486 e. The van der Waals surface area contributed by atoms with Gasteiger partial charge in [-0.1, -0.05) is 0 Å². The Morgan fingerprint density at radius 2 is 2.22 bits per heavy atom. The topological polar surface area (TPSA) is 86.9 Å². The number of fused-ring (bicyclic) bond motifs is 2. The van der Waals surface area contributed by atoms with Crippen LogP contribution in [0, 0.1) is 0 Å². The van der Waals surface area contributed by atoms with Gasteiger partial charge in [0.1, 0.15) is 12.2 Å². The SMILES string of the molecule is CCOC(=O)c1c[nH]c2cc3c(cc2c1=O)OCC(COC)O3. The Hall–Kier alpha value is -2.54. The molecule has 23 heavy (non-hydrogen) atoms. The van der Waals surface area contributed by atoms with Gasteiger partial charge in [0.05, 0.1) is 24.1 Å². The first kappa shape index (κ1) is 15.4. The van der Waals surface area contributed by atoms with Crippen molar-refractivity contribution in [3.8, 4) is 11.5 Å². The van der Waals surface area contributed by atoms with Crippen molar-refractivity contribution in [1.29, 1.82) is 0 Å². The number of pyridine rings is 1. The standard InChI is InChI=1S/C16H17NO6/c1-3-21-16(19)11-6-17-12-5-14-13(4-10(12)15(11)18)22-8-9(23-14)7-20-2/h4-6,9H,3,7-8H2,1-2H3,(H,17,18). The number of carbonyl (C=O) groups excluding carboxylic acids is 1. The number of benzene rings is 1. The number of rotatable bonds is 4. The molecule has 7 nitrogen and oxygen atoms in total. The summed E-state index contributed by atoms with van der Waals surface area (Å²) in [5.74, 6) is 0.354. The molecule has 2 heterocycles. The zero-order chi connectivity index (χ0) is 16.4. The van der Waals surface area contributed by atoms with Gasteiger partial charge in [-0.25, -0.2) is 4.79 Å². The fourth-order valence-electron chi connectivity index (χ4n) is 2.46. The molecule has 1 aliphatic heterocycles. The Morgan fingerprint density at radius 3 is 2.96 bits per heavy atom. The molecule has 0 aliphatic carbocycles. The fraction of sp³-hybridized carbons (Fsp3) is 0.375. The summed E-state index contributed by atoms with van der Waals surface area (Å²) in [5.41, 5.74) is 0.124. The van der Waals surface area contributed by atoms with Gasteiger partial charge < -0.3 is 23.9 Å². The predicted molar refractivity (Wildman–Crippen MR) is 82.3 cm³/mol. The summed E-state index contributed by atoms with van der Waals surface area (Å²) >= 11 is 0. The minimum atomic E-state index is -0.648. The van der Waals surface area contributed by atoms with Crippen LogP contribution in [0.4, 0.5) is 0 Å². The summed E-state index contributed by atoms with van der Waals surface area (Å²) in [5, 5.41) is 0.350. The predicted octanol–water partition coefficient (Wildman–Crippen LogP) is 1.49. The summed E-state index contributed by atoms with van der Waals surface area (Å²) in [6.45, 7) is 2.64. The van der Waals surface area contributed by atoms with Gasteiger partial charge in [0.25, 0.3) is 0 Å². The summed E-state index contributed by atoms with van der Waals surface area (Å²) in [6, 6.07) is 3.26. The summed E-state index contributed by atoms with van der Waals surface area (Å²) in [4.78, 5) is 27.2. The molecule has 1 aromatic heterocycles. The van der Waals surface area contributed by atoms with Gasteiger partial charge in [-0.15, -0.1) is 0 Å². The lowest BCUT2D eigenvalue weighted by Gasteiger charge is -2.26. The van der Waals surface area contributed by atoms with E-state index < -0.39 is 11.4 Å². The van der Waals surface area contributed by atoms with Crippen molar-refractivity contribution < 1.29 is 23.7 Å². The number of H-pyrrole nitrogens is 1. The molecule has 1 unspecified atom stereocenters. The Bertz CT molecular complexity index is 797. The maximum Gasteiger partial charge on any atom is 0.343 e. The van der Waals surface area contributed by atoms with Crippen LogP contribution in [0.15, 0.2) is 23.1 Å². The third-order valence-electron chi connectivity index (χ3n) is 3.51. The Balaban J connectivity index is 2.03. The second kappa shape index (κ2) is 6.29. The van der Waals surface area contributed by atoms with E-state index in [2.05, 4.69) is 4.98 Å². The highest BCUT2D eigenvalue weighted by Crippen LogP contribution is 2.34. The van der Waals surface area contributed by atoms with E-state index in [1.54, 1.807) is 26.2 Å². The minimum absolute atomic E-state index is 0.0340. The van der Waals surface area contributed by atoms with E-state index in [-0.39, 0.29) is 18.3 Å². The molecule has 0 radical (unpaired) electrons. The van der Waals surface area contributed by atoms with Crippen molar-refractivity contribution in [2.45, 2.75) is 13.0 Å². The van der Waals surface area contributed by atoms with Crippen molar-refractivity contribution in [3.05, 3.63) is 34.1 Å². The third-order valence-corrected chi connectivity index (χ3v) is 3.51. The molecule has 0 saturated heterocycles. The normalized spacial score (nSPS) is 16.3. The number of carbonyl (C=O) groups is 1. The number of esters is 1. The van der Waals surface area contributed by atoms with Crippen LogP contribution in [0.25, 0.3) is 10.9 Å². The maximum absolute atomic E-state index is 12.5. The van der Waals surface area contributed by atoms with Gasteiger partial charge in [0.2, 0.25) is 5.43 Å². The molecule has 0 saturated carbocycles. The second-order valence-corrected chi connectivity index (χ2v) is 5.10. The highest BCUT2D eigenvalue weighted by molar-refractivity contribution is 5.94. The van der Waals surface area contributed by atoms with Crippen LogP contribution < -0.4 is 14.9 Å². The number of nitrogens with one attached hydrogen (secondary N) is 1. The van der Waals surface area contributed by atoms with Gasteiger partial charge in [0, 0.05) is 19.4 Å². The Kier molecular flexibility index (Phi) is 4.20. The molecule has 0 fully saturated rings. The summed E-state index contributed by atoms with van der Waals surface area (Å²) in [7, 11) is 1.59. The van der Waals surface area contributed by atoms with Crippen molar-refractivity contribution in [2.24, 2.45) is 0 Å². The summed E-state index contributed by atoms with van der Waals surface area (Å²) in [6.07, 6.45) is 1.15. The highest BCUT2D eigenvalue weighted by atomic mass is 16.6. The zero-order valence-corrected chi connectivity index (χ0v) is 12.9. The number of hydrogen-bond donors (Lipinski definition) is 1. The molecule has 122 valence electrons. The molecule has 3 rings (SSSR count). The molecule has 1 N–H and O–H groups in total. The average Bonchev–Trinajstić information content (AvgIpc) is 2.54. The van der Waals surface area contributed by atoms with Gasteiger partial charge in [-0.05, 0) is 13.0 Å². The smallest absolute Gasteiger partial charge is 0.343 e. The number of aromatic nitrogens is 1. The number of ether oxygens (including phenoxy) is 4. The molecule has 2 aromatic rings. The van der Waals surface area contributed by atoms with Gasteiger partial charge >= 0.3 is 5.97 Å². The van der Waals surface area contributed by atoms with Crippen LogP contribution in [0.2, 0.25) is 0 Å². The lowest BCUT2D eigenvalue weighted by molar-refractivity contribution is 0.0274. The van der Waals surface area contributed by atoms with E-state index in [1.165, 1.54) is 6.20 Å². The molecule has 1 atom stereocenters. The van der Waals surface area contributed by atoms with E-state index in [0.717, 1.165) is 0 Å². The van der Waals surface area contributed by atoms with Crippen LogP contribution in [0.5, 0.6) is 11.5 Å². The van der Waals surface area contributed by atoms with Crippen molar-refractivity contribution in [1.82, 2.24) is 4.98 Å². The molecule has 7 heteroatoms. The first-order valence-electron chi connectivity index (χ1n) is 7.29. The fourth-order valence-corrected chi connectivity index (χ4v) is 2.46. The van der Waals surface area contributed by atoms with Crippen molar-refractivity contribution in [3.63, 3.8) is 0 Å². The van der Waals surface area contributed by atoms with E-state index in [4.69, 9.17) is 18.9 Å². The number of aromatic amines is 1. The van der Waals surface area contributed by atoms with Crippen LogP contribution in [-0.2, 0) is 9.47 Å². The maximum atomic E-state index is 12.5. The van der Waals surface area contributed by atoms with Crippen LogP contribution in [-0.4, -0.2) is 44.0 Å². The molecular weight excluding hydrogens is 302 g/mol. The van der Waals surface area contributed by atoms with Crippen LogP contribution in [0.1, 0.15) is 17.3 Å². The zero-order valence-electron chi connectivity index (χ0n) is 12.9. The van der Waals surface area contributed by atoms with Crippen LogP contribution in [0.3, 0.4) is 0 Å². The lowest BCUT2D eigenvalue weighted by atomic mass is 10.1. The van der Waals surface area contributed by atoms with Gasteiger partial charge in [-0.3, -0.25) is 4.79 Å². The van der Waals surface area contributed by atoms with Crippen molar-refractivity contribution >= 4 is 16.9 Å². The molecular formula is C16H17NO6. The molecule has 1 aromatic carbocycles. The molecule has 0 spiro atoms. The first-order valence-corrected chi connectivity index (χ1v) is 7.29. The highest BCUT2D eigenvalue weighted by Gasteiger charge is 2.23. The molecule has 0 bridgehead atoms. The molecule has 1 aliphatic rings. The minimum Gasteiger partial charge on any atom is -0.486 e. The van der Waals surface area contributed by atoms with Crippen molar-refractivity contribution in [2.75, 3.05) is 26.9 Å². The van der Waals surface area contributed by atoms with Gasteiger partial charge in [-0.2, -0.15) is 0 Å². The quantitative estimate of drug-likeness (QED) is 0.859. The van der Waals surface area contributed by atoms with E-state index >= 15 is 0 Å². The monoisotopic (exact) mass is 319 g/mol. The average molecular weight is 319 g/mol. The van der Waals surface area contributed by atoms with E-state index in [9.17, 15) is 9.59 Å². The first-order chi connectivity index (χ1) is 11.1. The van der Waals surface area contributed by atoms with E-state index in [0.29, 0.717) is 35.6 Å². The van der Waals surface area contributed by atoms with Gasteiger partial charge in [0.15, 0.2) is 17.6 Å².